The van der Waals surface area contributed by atoms with Crippen LogP contribution in [0.15, 0.2) is 27.8 Å². The number of nitrogens with one attached hydrogen (secondary N) is 1. The van der Waals surface area contributed by atoms with E-state index in [9.17, 15) is 0 Å². The summed E-state index contributed by atoms with van der Waals surface area (Å²) < 4.78 is 15.9. The van der Waals surface area contributed by atoms with Crippen LogP contribution in [0.2, 0.25) is 0 Å². The molecule has 1 aromatic heterocycles. The van der Waals surface area contributed by atoms with Crippen molar-refractivity contribution in [3.63, 3.8) is 0 Å². The van der Waals surface area contributed by atoms with Gasteiger partial charge in [-0.2, -0.15) is 0 Å². The molecule has 0 radical (unpaired) electrons. The molecule has 1 aromatic rings. The monoisotopic (exact) mass is 323 g/mol. The maximum absolute atomic E-state index is 5.44. The lowest BCUT2D eigenvalue weighted by Crippen LogP contribution is -2.43. The number of rotatable bonds is 8. The molecule has 0 saturated carbocycles. The van der Waals surface area contributed by atoms with Gasteiger partial charge in [0.25, 0.3) is 0 Å². The Kier molecular flexibility index (Phi) is 7.97. The van der Waals surface area contributed by atoms with Gasteiger partial charge in [0.05, 0.1) is 19.4 Å². The maximum atomic E-state index is 5.44. The third-order valence-electron chi connectivity index (χ3n) is 4.03. The van der Waals surface area contributed by atoms with E-state index in [0.717, 1.165) is 57.3 Å². The van der Waals surface area contributed by atoms with Crippen LogP contribution in [0, 0.1) is 5.92 Å². The van der Waals surface area contributed by atoms with Crippen LogP contribution >= 0.6 is 0 Å². The molecule has 0 aromatic carbocycles. The van der Waals surface area contributed by atoms with Crippen molar-refractivity contribution in [2.75, 3.05) is 53.6 Å². The van der Waals surface area contributed by atoms with Crippen molar-refractivity contribution in [3.8, 4) is 0 Å². The van der Waals surface area contributed by atoms with Crippen molar-refractivity contribution in [3.05, 3.63) is 24.2 Å². The van der Waals surface area contributed by atoms with E-state index in [1.165, 1.54) is 0 Å². The number of methoxy groups -OCH3 is 1. The molecule has 1 fully saturated rings. The van der Waals surface area contributed by atoms with Crippen molar-refractivity contribution in [2.24, 2.45) is 10.9 Å². The second-order valence-corrected chi connectivity index (χ2v) is 5.89. The lowest BCUT2D eigenvalue weighted by molar-refractivity contribution is 0.0610. The number of ether oxygens (including phenoxy) is 2. The van der Waals surface area contributed by atoms with Gasteiger partial charge in [0, 0.05) is 46.9 Å². The highest BCUT2D eigenvalue weighted by molar-refractivity contribution is 5.79. The number of nitrogens with zero attached hydrogens (tertiary/aromatic N) is 2. The van der Waals surface area contributed by atoms with Gasteiger partial charge >= 0.3 is 0 Å². The van der Waals surface area contributed by atoms with Crippen LogP contribution in [-0.4, -0.2) is 64.5 Å². The van der Waals surface area contributed by atoms with Crippen LogP contribution in [0.3, 0.4) is 0 Å². The molecule has 0 spiro atoms. The van der Waals surface area contributed by atoms with E-state index in [0.29, 0.717) is 19.1 Å². The van der Waals surface area contributed by atoms with E-state index >= 15 is 0 Å². The molecule has 1 N–H and O–H groups in total. The first kappa shape index (κ1) is 17.8. The summed E-state index contributed by atoms with van der Waals surface area (Å²) in [4.78, 5) is 6.86. The van der Waals surface area contributed by atoms with E-state index < -0.39 is 0 Å². The average Bonchev–Trinajstić information content (AvgIpc) is 3.08. The first-order valence-corrected chi connectivity index (χ1v) is 8.38. The van der Waals surface area contributed by atoms with Crippen molar-refractivity contribution < 1.29 is 13.9 Å². The number of hydrogen-bond donors (Lipinski definition) is 1. The van der Waals surface area contributed by atoms with Crippen molar-refractivity contribution >= 4 is 5.96 Å². The summed E-state index contributed by atoms with van der Waals surface area (Å²) in [5, 5.41) is 3.44. The molecule has 1 aliphatic heterocycles. The molecule has 0 atom stereocenters. The Balaban J connectivity index is 1.82. The summed E-state index contributed by atoms with van der Waals surface area (Å²) in [5.41, 5.74) is 0. The molecular formula is C17H29N3O3. The van der Waals surface area contributed by atoms with Crippen molar-refractivity contribution in [1.29, 1.82) is 0 Å². The Morgan fingerprint density at radius 1 is 1.43 bits per heavy atom. The number of furan rings is 1. The topological polar surface area (TPSA) is 59.2 Å². The second kappa shape index (κ2) is 10.3. The summed E-state index contributed by atoms with van der Waals surface area (Å²) in [6.45, 7) is 4.85. The highest BCUT2D eigenvalue weighted by atomic mass is 16.5. The molecule has 0 bridgehead atoms. The average molecular weight is 323 g/mol. The van der Waals surface area contributed by atoms with E-state index in [1.807, 2.05) is 12.1 Å². The fourth-order valence-electron chi connectivity index (χ4n) is 2.71. The lowest BCUT2D eigenvalue weighted by atomic mass is 10.00. The van der Waals surface area contributed by atoms with Crippen LogP contribution in [0.4, 0.5) is 0 Å². The molecule has 130 valence electrons. The summed E-state index contributed by atoms with van der Waals surface area (Å²) >= 11 is 0. The fraction of sp³-hybridized carbons (Fsp3) is 0.706. The smallest absolute Gasteiger partial charge is 0.193 e. The lowest BCUT2D eigenvalue weighted by Gasteiger charge is -2.29. The summed E-state index contributed by atoms with van der Waals surface area (Å²) in [6, 6.07) is 3.91. The summed E-state index contributed by atoms with van der Waals surface area (Å²) in [6.07, 6.45) is 4.81. The van der Waals surface area contributed by atoms with Gasteiger partial charge in [0.1, 0.15) is 5.76 Å². The van der Waals surface area contributed by atoms with Crippen LogP contribution < -0.4 is 5.32 Å². The van der Waals surface area contributed by atoms with Gasteiger partial charge < -0.3 is 24.1 Å². The van der Waals surface area contributed by atoms with Gasteiger partial charge in [-0.05, 0) is 30.9 Å². The molecule has 6 nitrogen and oxygen atoms in total. The minimum Gasteiger partial charge on any atom is -0.469 e. The predicted molar refractivity (Wildman–Crippen MR) is 90.8 cm³/mol. The van der Waals surface area contributed by atoms with E-state index in [2.05, 4.69) is 22.3 Å². The molecule has 2 rings (SSSR count). The SMILES string of the molecule is COCCN=C(NCCc1ccco1)N(C)CC1CCOCC1. The number of guanidine groups is 1. The van der Waals surface area contributed by atoms with E-state index in [4.69, 9.17) is 13.9 Å². The Bertz CT molecular complexity index is 442. The Morgan fingerprint density at radius 2 is 2.26 bits per heavy atom. The quantitative estimate of drug-likeness (QED) is 0.449. The van der Waals surface area contributed by atoms with Gasteiger partial charge in [-0.25, -0.2) is 0 Å². The standard InChI is InChI=1S/C17H29N3O3/c1-20(14-15-6-11-22-12-7-15)17(19-9-13-21-2)18-8-5-16-4-3-10-23-16/h3-4,10,15H,5-9,11-14H2,1-2H3,(H,18,19). The number of hydrogen-bond acceptors (Lipinski definition) is 4. The van der Waals surface area contributed by atoms with Gasteiger partial charge in [0.2, 0.25) is 0 Å². The number of aliphatic imine (C=N–C) groups is 1. The zero-order valence-corrected chi connectivity index (χ0v) is 14.3. The first-order valence-electron chi connectivity index (χ1n) is 8.38. The Morgan fingerprint density at radius 3 is 2.96 bits per heavy atom. The van der Waals surface area contributed by atoms with Gasteiger partial charge in [0.15, 0.2) is 5.96 Å². The molecule has 1 aliphatic rings. The molecule has 6 heteroatoms. The zero-order valence-electron chi connectivity index (χ0n) is 14.3. The minimum atomic E-state index is 0.633. The van der Waals surface area contributed by atoms with Gasteiger partial charge in [-0.1, -0.05) is 0 Å². The summed E-state index contributed by atoms with van der Waals surface area (Å²) in [7, 11) is 3.80. The second-order valence-electron chi connectivity index (χ2n) is 5.89. The van der Waals surface area contributed by atoms with Crippen molar-refractivity contribution in [1.82, 2.24) is 10.2 Å². The van der Waals surface area contributed by atoms with E-state index in [-0.39, 0.29) is 0 Å². The van der Waals surface area contributed by atoms with Crippen LogP contribution in [0.25, 0.3) is 0 Å². The molecule has 1 saturated heterocycles. The predicted octanol–water partition coefficient (Wildman–Crippen LogP) is 1.77. The van der Waals surface area contributed by atoms with Crippen LogP contribution in [0.1, 0.15) is 18.6 Å². The first-order chi connectivity index (χ1) is 11.3. The highest BCUT2D eigenvalue weighted by Gasteiger charge is 2.17. The third kappa shape index (κ3) is 6.62. The molecule has 2 heterocycles. The Hall–Kier alpha value is -1.53. The largest absolute Gasteiger partial charge is 0.469 e. The molecule has 23 heavy (non-hydrogen) atoms. The zero-order chi connectivity index (χ0) is 16.3. The maximum Gasteiger partial charge on any atom is 0.193 e. The summed E-state index contributed by atoms with van der Waals surface area (Å²) in [5.74, 6) is 2.59. The molecule has 0 unspecified atom stereocenters. The fourth-order valence-corrected chi connectivity index (χ4v) is 2.71. The Labute approximate surface area is 138 Å². The molecule has 0 aliphatic carbocycles. The molecular weight excluding hydrogens is 294 g/mol. The normalized spacial score (nSPS) is 16.5. The highest BCUT2D eigenvalue weighted by Crippen LogP contribution is 2.15. The van der Waals surface area contributed by atoms with Crippen molar-refractivity contribution in [2.45, 2.75) is 19.3 Å². The van der Waals surface area contributed by atoms with Gasteiger partial charge in [-0.3, -0.25) is 4.99 Å². The molecule has 0 amide bonds. The van der Waals surface area contributed by atoms with Gasteiger partial charge in [-0.15, -0.1) is 0 Å². The van der Waals surface area contributed by atoms with E-state index in [1.54, 1.807) is 13.4 Å². The van der Waals surface area contributed by atoms with Crippen LogP contribution in [-0.2, 0) is 15.9 Å². The van der Waals surface area contributed by atoms with Crippen LogP contribution in [0.5, 0.6) is 0 Å². The third-order valence-corrected chi connectivity index (χ3v) is 4.03. The minimum absolute atomic E-state index is 0.633.